The van der Waals surface area contributed by atoms with Crippen LogP contribution in [0.5, 0.6) is 0 Å². The molecule has 0 saturated carbocycles. The minimum atomic E-state index is 0.642. The van der Waals surface area contributed by atoms with E-state index in [4.69, 9.17) is 15.0 Å². The van der Waals surface area contributed by atoms with Gasteiger partial charge in [-0.15, -0.1) is 0 Å². The maximum atomic E-state index is 5.05. The summed E-state index contributed by atoms with van der Waals surface area (Å²) in [6.07, 6.45) is 0. The first-order valence-electron chi connectivity index (χ1n) is 19.7. The van der Waals surface area contributed by atoms with Gasteiger partial charge in [-0.1, -0.05) is 132 Å². The molecule has 0 aliphatic carbocycles. The van der Waals surface area contributed by atoms with Crippen molar-refractivity contribution in [3.63, 3.8) is 0 Å². The summed E-state index contributed by atoms with van der Waals surface area (Å²) >= 11 is 0. The van der Waals surface area contributed by atoms with E-state index in [1.807, 2.05) is 60.7 Å². The summed E-state index contributed by atoms with van der Waals surface area (Å²) in [5, 5.41) is 4.83. The lowest BCUT2D eigenvalue weighted by atomic mass is 10.0. The van der Waals surface area contributed by atoms with E-state index < -0.39 is 0 Å². The molecule has 0 amide bonds. The maximum absolute atomic E-state index is 5.05. The van der Waals surface area contributed by atoms with Crippen LogP contribution in [0.3, 0.4) is 0 Å². The van der Waals surface area contributed by atoms with Crippen molar-refractivity contribution in [3.05, 3.63) is 199 Å². The minimum absolute atomic E-state index is 0.642. The fourth-order valence-corrected chi connectivity index (χ4v) is 8.44. The van der Waals surface area contributed by atoms with Crippen LogP contribution in [0.1, 0.15) is 11.1 Å². The number of rotatable bonds is 6. The van der Waals surface area contributed by atoms with Gasteiger partial charge in [0, 0.05) is 49.6 Å². The number of hydrogen-bond donors (Lipinski definition) is 0. The zero-order valence-electron chi connectivity index (χ0n) is 32.1. The Morgan fingerprint density at radius 2 is 0.810 bits per heavy atom. The summed E-state index contributed by atoms with van der Waals surface area (Å²) in [4.78, 5) is 15.0. The lowest BCUT2D eigenvalue weighted by molar-refractivity contribution is 1.07. The van der Waals surface area contributed by atoms with Crippen LogP contribution in [0, 0.1) is 13.8 Å². The zero-order valence-corrected chi connectivity index (χ0v) is 32.1. The Bertz CT molecular complexity index is 3280. The normalized spacial score (nSPS) is 11.6. The van der Waals surface area contributed by atoms with Crippen molar-refractivity contribution in [1.29, 1.82) is 0 Å². The standard InChI is InChI=1S/C53H37N5/c1-34-20-25-41(26-21-34)57-47-19-10-9-18-43(47)44-27-23-39(33-50(44)57)38-16-11-17-42(31-38)58-48-28-22-35(2)30-45(48)46-32-40(24-29-49(46)58)53-55-51(36-12-5-3-6-13-36)54-52(56-53)37-14-7-4-8-15-37/h3-33H,1-2H3. The van der Waals surface area contributed by atoms with Gasteiger partial charge in [0.2, 0.25) is 0 Å². The Hall–Kier alpha value is -7.63. The molecule has 0 atom stereocenters. The van der Waals surface area contributed by atoms with Gasteiger partial charge in [0.25, 0.3) is 0 Å². The minimum Gasteiger partial charge on any atom is -0.309 e. The van der Waals surface area contributed by atoms with Crippen LogP contribution in [0.4, 0.5) is 0 Å². The summed E-state index contributed by atoms with van der Waals surface area (Å²) in [5.74, 6) is 1.94. The van der Waals surface area contributed by atoms with Crippen molar-refractivity contribution in [1.82, 2.24) is 24.1 Å². The quantitative estimate of drug-likeness (QED) is 0.170. The van der Waals surface area contributed by atoms with E-state index in [1.165, 1.54) is 43.9 Å². The molecule has 0 bridgehead atoms. The van der Waals surface area contributed by atoms with E-state index in [1.54, 1.807) is 0 Å². The van der Waals surface area contributed by atoms with Crippen molar-refractivity contribution in [2.45, 2.75) is 13.8 Å². The molecule has 8 aromatic carbocycles. The predicted octanol–water partition coefficient (Wildman–Crippen LogP) is 13.4. The van der Waals surface area contributed by atoms with Gasteiger partial charge < -0.3 is 9.13 Å². The average Bonchev–Trinajstić information content (AvgIpc) is 3.79. The smallest absolute Gasteiger partial charge is 0.164 e. The van der Waals surface area contributed by atoms with Crippen LogP contribution < -0.4 is 0 Å². The van der Waals surface area contributed by atoms with Crippen molar-refractivity contribution in [3.8, 4) is 56.7 Å². The molecule has 5 nitrogen and oxygen atoms in total. The Labute approximate surface area is 336 Å². The molecule has 0 aliphatic heterocycles. The molecular weight excluding hydrogens is 707 g/mol. The van der Waals surface area contributed by atoms with E-state index in [0.29, 0.717) is 17.5 Å². The number of para-hydroxylation sites is 1. The fraction of sp³-hybridized carbons (Fsp3) is 0.0377. The third-order valence-corrected chi connectivity index (χ3v) is 11.3. The average molecular weight is 744 g/mol. The molecule has 0 unspecified atom stereocenters. The summed E-state index contributed by atoms with van der Waals surface area (Å²) in [6, 6.07) is 66.9. The summed E-state index contributed by atoms with van der Waals surface area (Å²) in [5.41, 5.74) is 14.6. The Balaban J connectivity index is 1.06. The molecule has 11 rings (SSSR count). The highest BCUT2D eigenvalue weighted by atomic mass is 15.0. The van der Waals surface area contributed by atoms with Gasteiger partial charge in [0.15, 0.2) is 17.5 Å². The molecule has 0 spiro atoms. The Morgan fingerprint density at radius 1 is 0.293 bits per heavy atom. The Kier molecular flexibility index (Phi) is 7.86. The Morgan fingerprint density at radius 3 is 1.53 bits per heavy atom. The number of hydrogen-bond acceptors (Lipinski definition) is 3. The maximum Gasteiger partial charge on any atom is 0.164 e. The van der Waals surface area contributed by atoms with Crippen LogP contribution in [0.25, 0.3) is 100 Å². The van der Waals surface area contributed by atoms with Gasteiger partial charge >= 0.3 is 0 Å². The van der Waals surface area contributed by atoms with Gasteiger partial charge in [-0.05, 0) is 91.7 Å². The second kappa shape index (κ2) is 13.5. The molecule has 3 aromatic heterocycles. The van der Waals surface area contributed by atoms with Crippen molar-refractivity contribution < 1.29 is 0 Å². The van der Waals surface area contributed by atoms with Gasteiger partial charge in [0.1, 0.15) is 0 Å². The number of nitrogens with zero attached hydrogens (tertiary/aromatic N) is 5. The van der Waals surface area contributed by atoms with E-state index in [2.05, 4.69) is 150 Å². The molecule has 58 heavy (non-hydrogen) atoms. The van der Waals surface area contributed by atoms with Gasteiger partial charge in [-0.3, -0.25) is 0 Å². The highest BCUT2D eigenvalue weighted by molar-refractivity contribution is 6.11. The van der Waals surface area contributed by atoms with Crippen LogP contribution >= 0.6 is 0 Å². The molecule has 11 aromatic rings. The molecular formula is C53H37N5. The predicted molar refractivity (Wildman–Crippen MR) is 240 cm³/mol. The van der Waals surface area contributed by atoms with E-state index in [-0.39, 0.29) is 0 Å². The molecule has 0 fully saturated rings. The zero-order chi connectivity index (χ0) is 38.7. The second-order valence-corrected chi connectivity index (χ2v) is 15.1. The van der Waals surface area contributed by atoms with Crippen LogP contribution in [0.2, 0.25) is 0 Å². The van der Waals surface area contributed by atoms with E-state index in [9.17, 15) is 0 Å². The summed E-state index contributed by atoms with van der Waals surface area (Å²) in [6.45, 7) is 4.29. The third-order valence-electron chi connectivity index (χ3n) is 11.3. The topological polar surface area (TPSA) is 48.5 Å². The van der Waals surface area contributed by atoms with Crippen LogP contribution in [-0.4, -0.2) is 24.1 Å². The van der Waals surface area contributed by atoms with Gasteiger partial charge in [0.05, 0.1) is 22.1 Å². The molecule has 0 radical (unpaired) electrons. The van der Waals surface area contributed by atoms with Crippen molar-refractivity contribution in [2.75, 3.05) is 0 Å². The lowest BCUT2D eigenvalue weighted by Gasteiger charge is -2.12. The fourth-order valence-electron chi connectivity index (χ4n) is 8.44. The number of aryl methyl sites for hydroxylation is 2. The first kappa shape index (κ1) is 33.7. The largest absolute Gasteiger partial charge is 0.309 e. The van der Waals surface area contributed by atoms with Crippen molar-refractivity contribution >= 4 is 43.6 Å². The SMILES string of the molecule is Cc1ccc(-n2c3ccccc3c3ccc(-c4cccc(-n5c6ccc(C)cc6c6cc(-c7nc(-c8ccccc8)nc(-c8ccccc8)n7)ccc65)c4)cc32)cc1. The molecule has 5 heteroatoms. The summed E-state index contributed by atoms with van der Waals surface area (Å²) in [7, 11) is 0. The highest BCUT2D eigenvalue weighted by Gasteiger charge is 2.18. The first-order valence-corrected chi connectivity index (χ1v) is 19.7. The molecule has 0 N–H and O–H groups in total. The third kappa shape index (κ3) is 5.67. The van der Waals surface area contributed by atoms with Crippen LogP contribution in [-0.2, 0) is 0 Å². The van der Waals surface area contributed by atoms with E-state index in [0.717, 1.165) is 50.0 Å². The molecule has 0 saturated heterocycles. The number of fused-ring (bicyclic) bond motifs is 6. The second-order valence-electron chi connectivity index (χ2n) is 15.1. The molecule has 3 heterocycles. The van der Waals surface area contributed by atoms with Crippen LogP contribution in [0.15, 0.2) is 188 Å². The van der Waals surface area contributed by atoms with E-state index >= 15 is 0 Å². The summed E-state index contributed by atoms with van der Waals surface area (Å²) < 4.78 is 4.78. The first-order chi connectivity index (χ1) is 28.6. The lowest BCUT2D eigenvalue weighted by Crippen LogP contribution is -2.00. The number of aromatic nitrogens is 5. The van der Waals surface area contributed by atoms with Gasteiger partial charge in [-0.25, -0.2) is 15.0 Å². The molecule has 274 valence electrons. The number of benzene rings is 8. The monoisotopic (exact) mass is 743 g/mol. The van der Waals surface area contributed by atoms with Crippen molar-refractivity contribution in [2.24, 2.45) is 0 Å². The highest BCUT2D eigenvalue weighted by Crippen LogP contribution is 2.38. The van der Waals surface area contributed by atoms with Gasteiger partial charge in [-0.2, -0.15) is 0 Å². The molecule has 0 aliphatic rings.